The van der Waals surface area contributed by atoms with Crippen molar-refractivity contribution in [2.75, 3.05) is 19.0 Å². The van der Waals surface area contributed by atoms with Crippen molar-refractivity contribution < 1.29 is 9.53 Å². The first-order valence-electron chi connectivity index (χ1n) is 6.48. The van der Waals surface area contributed by atoms with Gasteiger partial charge in [-0.05, 0) is 18.2 Å². The zero-order valence-electron chi connectivity index (χ0n) is 11.8. The number of pyridine rings is 1. The highest BCUT2D eigenvalue weighted by Gasteiger charge is 2.06. The summed E-state index contributed by atoms with van der Waals surface area (Å²) in [7, 11) is 1.62. The number of hydrogen-bond donors (Lipinski definition) is 2. The molecule has 0 bridgehead atoms. The summed E-state index contributed by atoms with van der Waals surface area (Å²) in [5.74, 6) is 0.574. The highest BCUT2D eigenvalue weighted by molar-refractivity contribution is 5.94. The lowest BCUT2D eigenvalue weighted by atomic mass is 10.2. The van der Waals surface area contributed by atoms with Gasteiger partial charge in [0, 0.05) is 24.5 Å². The van der Waals surface area contributed by atoms with Crippen molar-refractivity contribution in [1.29, 1.82) is 0 Å². The quantitative estimate of drug-likeness (QED) is 0.800. The van der Waals surface area contributed by atoms with E-state index in [1.807, 2.05) is 24.3 Å². The minimum Gasteiger partial charge on any atom is -0.497 e. The van der Waals surface area contributed by atoms with Gasteiger partial charge in [0.2, 0.25) is 0 Å². The Kier molecular flexibility index (Phi) is 4.93. The molecule has 0 saturated heterocycles. The topological polar surface area (TPSA) is 63.2 Å². The Morgan fingerprint density at radius 2 is 2.19 bits per heavy atom. The fraction of sp³-hybridized carbons (Fsp3) is 0.125. The molecule has 1 heterocycles. The average molecular weight is 283 g/mol. The lowest BCUT2D eigenvalue weighted by Gasteiger charge is -2.09. The molecular formula is C16H17N3O2. The van der Waals surface area contributed by atoms with E-state index >= 15 is 0 Å². The summed E-state index contributed by atoms with van der Waals surface area (Å²) in [5, 5.41) is 5.90. The number of nitrogens with zero attached hydrogens (tertiary/aromatic N) is 1. The van der Waals surface area contributed by atoms with E-state index in [9.17, 15) is 4.79 Å². The van der Waals surface area contributed by atoms with E-state index in [-0.39, 0.29) is 5.91 Å². The van der Waals surface area contributed by atoms with Crippen LogP contribution in [0, 0.1) is 0 Å². The summed E-state index contributed by atoms with van der Waals surface area (Å²) >= 11 is 0. The maximum Gasteiger partial charge on any atom is 0.253 e. The van der Waals surface area contributed by atoms with Crippen LogP contribution in [0.3, 0.4) is 0 Å². The second-order valence-electron chi connectivity index (χ2n) is 4.32. The largest absolute Gasteiger partial charge is 0.497 e. The number of amides is 1. The van der Waals surface area contributed by atoms with E-state index in [0.717, 1.165) is 17.1 Å². The van der Waals surface area contributed by atoms with Crippen LogP contribution in [0.1, 0.15) is 10.4 Å². The van der Waals surface area contributed by atoms with Crippen LogP contribution in [-0.2, 0) is 0 Å². The SMILES string of the molecule is C=CCNC(=O)c1cncc(Nc2cccc(OC)c2)c1. The summed E-state index contributed by atoms with van der Waals surface area (Å²) < 4.78 is 5.17. The molecule has 1 amide bonds. The number of carbonyl (C=O) groups is 1. The van der Waals surface area contributed by atoms with Gasteiger partial charge in [-0.3, -0.25) is 9.78 Å². The van der Waals surface area contributed by atoms with E-state index in [4.69, 9.17) is 4.74 Å². The first-order chi connectivity index (χ1) is 10.2. The molecule has 0 aliphatic carbocycles. The van der Waals surface area contributed by atoms with Gasteiger partial charge < -0.3 is 15.4 Å². The first kappa shape index (κ1) is 14.6. The lowest BCUT2D eigenvalue weighted by molar-refractivity contribution is 0.0957. The molecule has 0 radical (unpaired) electrons. The van der Waals surface area contributed by atoms with E-state index in [0.29, 0.717) is 12.1 Å². The molecule has 21 heavy (non-hydrogen) atoms. The number of ether oxygens (including phenoxy) is 1. The van der Waals surface area contributed by atoms with Crippen LogP contribution in [0.25, 0.3) is 0 Å². The van der Waals surface area contributed by atoms with Crippen molar-refractivity contribution in [3.05, 3.63) is 60.9 Å². The van der Waals surface area contributed by atoms with Gasteiger partial charge in [0.15, 0.2) is 0 Å². The number of carbonyl (C=O) groups excluding carboxylic acids is 1. The number of aromatic nitrogens is 1. The second kappa shape index (κ2) is 7.09. The van der Waals surface area contributed by atoms with Crippen LogP contribution in [0.2, 0.25) is 0 Å². The van der Waals surface area contributed by atoms with Crippen LogP contribution in [0.4, 0.5) is 11.4 Å². The number of rotatable bonds is 6. The Balaban J connectivity index is 2.13. The monoisotopic (exact) mass is 283 g/mol. The summed E-state index contributed by atoms with van der Waals surface area (Å²) in [6.07, 6.45) is 4.81. The van der Waals surface area contributed by atoms with Crippen molar-refractivity contribution in [3.63, 3.8) is 0 Å². The summed E-state index contributed by atoms with van der Waals surface area (Å²) in [5.41, 5.74) is 2.08. The molecule has 0 unspecified atom stereocenters. The summed E-state index contributed by atoms with van der Waals surface area (Å²) in [6.45, 7) is 3.98. The third kappa shape index (κ3) is 4.07. The third-order valence-electron chi connectivity index (χ3n) is 2.77. The maximum atomic E-state index is 11.9. The van der Waals surface area contributed by atoms with Gasteiger partial charge in [0.1, 0.15) is 5.75 Å². The molecule has 1 aromatic carbocycles. The zero-order chi connectivity index (χ0) is 15.1. The van der Waals surface area contributed by atoms with Gasteiger partial charge in [-0.25, -0.2) is 0 Å². The standard InChI is InChI=1S/C16H17N3O2/c1-3-7-18-16(20)12-8-14(11-17-10-12)19-13-5-4-6-15(9-13)21-2/h3-6,8-11,19H,1,7H2,2H3,(H,18,20). The van der Waals surface area contributed by atoms with E-state index in [2.05, 4.69) is 22.2 Å². The molecule has 108 valence electrons. The predicted molar refractivity (Wildman–Crippen MR) is 83.0 cm³/mol. The van der Waals surface area contributed by atoms with Gasteiger partial charge >= 0.3 is 0 Å². The second-order valence-corrected chi connectivity index (χ2v) is 4.32. The fourth-order valence-electron chi connectivity index (χ4n) is 1.77. The van der Waals surface area contributed by atoms with Crippen LogP contribution < -0.4 is 15.4 Å². The molecule has 2 aromatic rings. The van der Waals surface area contributed by atoms with Crippen LogP contribution >= 0.6 is 0 Å². The molecule has 2 rings (SSSR count). The molecule has 0 aliphatic heterocycles. The number of benzene rings is 1. The summed E-state index contributed by atoms with van der Waals surface area (Å²) in [6, 6.07) is 9.26. The Morgan fingerprint density at radius 1 is 1.33 bits per heavy atom. The third-order valence-corrected chi connectivity index (χ3v) is 2.77. The molecular weight excluding hydrogens is 266 g/mol. The predicted octanol–water partition coefficient (Wildman–Crippen LogP) is 2.75. The lowest BCUT2D eigenvalue weighted by Crippen LogP contribution is -2.23. The minimum atomic E-state index is -0.184. The molecule has 0 fully saturated rings. The number of nitrogens with one attached hydrogen (secondary N) is 2. The van der Waals surface area contributed by atoms with E-state index < -0.39 is 0 Å². The average Bonchev–Trinajstić information content (AvgIpc) is 2.53. The zero-order valence-corrected chi connectivity index (χ0v) is 11.8. The van der Waals surface area contributed by atoms with Crippen LogP contribution in [-0.4, -0.2) is 24.5 Å². The Bertz CT molecular complexity index is 641. The Labute approximate surface area is 123 Å². The number of methoxy groups -OCH3 is 1. The maximum absolute atomic E-state index is 11.9. The summed E-state index contributed by atoms with van der Waals surface area (Å²) in [4.78, 5) is 15.9. The molecule has 0 spiro atoms. The van der Waals surface area contributed by atoms with Crippen LogP contribution in [0.5, 0.6) is 5.75 Å². The smallest absolute Gasteiger partial charge is 0.253 e. The number of anilines is 2. The van der Waals surface area contributed by atoms with Gasteiger partial charge in [-0.15, -0.1) is 6.58 Å². The van der Waals surface area contributed by atoms with Crippen molar-refractivity contribution in [2.24, 2.45) is 0 Å². The highest BCUT2D eigenvalue weighted by Crippen LogP contribution is 2.21. The van der Waals surface area contributed by atoms with E-state index in [1.54, 1.807) is 25.4 Å². The van der Waals surface area contributed by atoms with Crippen molar-refractivity contribution in [2.45, 2.75) is 0 Å². The van der Waals surface area contributed by atoms with Crippen molar-refractivity contribution in [3.8, 4) is 5.75 Å². The van der Waals surface area contributed by atoms with Crippen LogP contribution in [0.15, 0.2) is 55.4 Å². The first-order valence-corrected chi connectivity index (χ1v) is 6.48. The molecule has 5 nitrogen and oxygen atoms in total. The normalized spacial score (nSPS) is 9.76. The van der Waals surface area contributed by atoms with E-state index in [1.165, 1.54) is 6.20 Å². The molecule has 0 aliphatic rings. The van der Waals surface area contributed by atoms with Gasteiger partial charge in [0.05, 0.1) is 24.6 Å². The van der Waals surface area contributed by atoms with Crippen molar-refractivity contribution in [1.82, 2.24) is 10.3 Å². The highest BCUT2D eigenvalue weighted by atomic mass is 16.5. The van der Waals surface area contributed by atoms with Gasteiger partial charge in [-0.1, -0.05) is 12.1 Å². The number of hydrogen-bond acceptors (Lipinski definition) is 4. The Morgan fingerprint density at radius 3 is 2.95 bits per heavy atom. The van der Waals surface area contributed by atoms with Gasteiger partial charge in [0.25, 0.3) is 5.91 Å². The molecule has 5 heteroatoms. The molecule has 0 atom stereocenters. The molecule has 1 aromatic heterocycles. The molecule has 2 N–H and O–H groups in total. The molecule has 0 saturated carbocycles. The van der Waals surface area contributed by atoms with Crippen molar-refractivity contribution >= 4 is 17.3 Å². The van der Waals surface area contributed by atoms with Gasteiger partial charge in [-0.2, -0.15) is 0 Å². The Hall–Kier alpha value is -2.82. The fourth-order valence-corrected chi connectivity index (χ4v) is 1.77. The minimum absolute atomic E-state index is 0.184.